The summed E-state index contributed by atoms with van der Waals surface area (Å²) >= 11 is 0. The van der Waals surface area contributed by atoms with Crippen LogP contribution in [0.3, 0.4) is 0 Å². The van der Waals surface area contributed by atoms with Crippen LogP contribution in [0.25, 0.3) is 0 Å². The van der Waals surface area contributed by atoms with Crippen LogP contribution in [-0.2, 0) is 14.3 Å². The van der Waals surface area contributed by atoms with E-state index in [-0.39, 0.29) is 12.1 Å². The van der Waals surface area contributed by atoms with Gasteiger partial charge in [0, 0.05) is 12.8 Å². The quantitative estimate of drug-likeness (QED) is 0.665. The van der Waals surface area contributed by atoms with Gasteiger partial charge in [0.25, 0.3) is 0 Å². The summed E-state index contributed by atoms with van der Waals surface area (Å²) in [6.07, 6.45) is 2.39. The van der Waals surface area contributed by atoms with Gasteiger partial charge in [-0.25, -0.2) is 0 Å². The Morgan fingerprint density at radius 3 is 2.64 bits per heavy atom. The number of carbonyl (C=O) groups is 1. The standard InChI is InChI=1S/C10H17NO3/c12-10(5-8-6-11-7-8)14-9-1-3-13-4-2-9/h8-9,11H,1-7H2. The highest BCUT2D eigenvalue weighted by atomic mass is 16.6. The first-order valence-corrected chi connectivity index (χ1v) is 5.32. The van der Waals surface area contributed by atoms with Crippen LogP contribution in [0.5, 0.6) is 0 Å². The van der Waals surface area contributed by atoms with Crippen molar-refractivity contribution in [3.63, 3.8) is 0 Å². The van der Waals surface area contributed by atoms with E-state index in [2.05, 4.69) is 5.32 Å². The highest BCUT2D eigenvalue weighted by Gasteiger charge is 2.23. The number of carbonyl (C=O) groups excluding carboxylic acids is 1. The van der Waals surface area contributed by atoms with Gasteiger partial charge in [-0.2, -0.15) is 0 Å². The fourth-order valence-corrected chi connectivity index (χ4v) is 1.76. The molecule has 2 fully saturated rings. The Balaban J connectivity index is 1.64. The molecule has 4 nitrogen and oxygen atoms in total. The van der Waals surface area contributed by atoms with Gasteiger partial charge >= 0.3 is 5.97 Å². The molecular formula is C10H17NO3. The van der Waals surface area contributed by atoms with Gasteiger partial charge in [-0.15, -0.1) is 0 Å². The zero-order valence-electron chi connectivity index (χ0n) is 8.33. The Kier molecular flexibility index (Phi) is 3.37. The summed E-state index contributed by atoms with van der Waals surface area (Å²) in [7, 11) is 0. The maximum absolute atomic E-state index is 11.4. The summed E-state index contributed by atoms with van der Waals surface area (Å²) < 4.78 is 10.5. The van der Waals surface area contributed by atoms with Gasteiger partial charge in [0.2, 0.25) is 0 Å². The summed E-state index contributed by atoms with van der Waals surface area (Å²) in [6, 6.07) is 0. The van der Waals surface area contributed by atoms with Crippen molar-refractivity contribution in [2.75, 3.05) is 26.3 Å². The molecule has 0 aromatic heterocycles. The normalized spacial score (nSPS) is 24.3. The highest BCUT2D eigenvalue weighted by molar-refractivity contribution is 5.70. The largest absolute Gasteiger partial charge is 0.462 e. The molecule has 0 radical (unpaired) electrons. The molecule has 80 valence electrons. The van der Waals surface area contributed by atoms with Crippen LogP contribution in [0, 0.1) is 5.92 Å². The van der Waals surface area contributed by atoms with Crippen LogP contribution in [-0.4, -0.2) is 38.4 Å². The van der Waals surface area contributed by atoms with Crippen LogP contribution >= 0.6 is 0 Å². The van der Waals surface area contributed by atoms with Crippen LogP contribution in [0.4, 0.5) is 0 Å². The zero-order chi connectivity index (χ0) is 9.80. The van der Waals surface area contributed by atoms with E-state index in [4.69, 9.17) is 9.47 Å². The molecule has 0 aliphatic carbocycles. The van der Waals surface area contributed by atoms with Gasteiger partial charge in [-0.05, 0) is 19.0 Å². The predicted octanol–water partition coefficient (Wildman–Crippen LogP) is 0.318. The summed E-state index contributed by atoms with van der Waals surface area (Å²) in [5, 5.41) is 3.14. The van der Waals surface area contributed by atoms with Crippen LogP contribution in [0.2, 0.25) is 0 Å². The lowest BCUT2D eigenvalue weighted by Crippen LogP contribution is -2.43. The number of hydrogen-bond donors (Lipinski definition) is 1. The number of ether oxygens (including phenoxy) is 2. The SMILES string of the molecule is O=C(CC1CNC1)OC1CCOCC1. The minimum atomic E-state index is -0.0385. The molecule has 0 aromatic rings. The maximum atomic E-state index is 11.4. The van der Waals surface area contributed by atoms with Crippen molar-refractivity contribution >= 4 is 5.97 Å². The topological polar surface area (TPSA) is 47.6 Å². The fraction of sp³-hybridized carbons (Fsp3) is 0.900. The Bertz CT molecular complexity index is 198. The average Bonchev–Trinajstić information content (AvgIpc) is 2.13. The van der Waals surface area contributed by atoms with E-state index in [0.29, 0.717) is 12.3 Å². The molecule has 0 saturated carbocycles. The molecule has 2 saturated heterocycles. The minimum absolute atomic E-state index is 0.0385. The molecule has 0 bridgehead atoms. The van der Waals surface area contributed by atoms with Crippen molar-refractivity contribution in [1.29, 1.82) is 0 Å². The number of rotatable bonds is 3. The van der Waals surface area contributed by atoms with E-state index >= 15 is 0 Å². The monoisotopic (exact) mass is 199 g/mol. The van der Waals surface area contributed by atoms with Crippen molar-refractivity contribution in [2.45, 2.75) is 25.4 Å². The summed E-state index contributed by atoms with van der Waals surface area (Å²) in [5.74, 6) is 0.464. The molecule has 0 atom stereocenters. The smallest absolute Gasteiger partial charge is 0.306 e. The van der Waals surface area contributed by atoms with Crippen molar-refractivity contribution in [2.24, 2.45) is 5.92 Å². The molecule has 0 unspecified atom stereocenters. The lowest BCUT2D eigenvalue weighted by atomic mass is 10.00. The summed E-state index contributed by atoms with van der Waals surface area (Å²) in [5.41, 5.74) is 0. The zero-order valence-corrected chi connectivity index (χ0v) is 8.33. The highest BCUT2D eigenvalue weighted by Crippen LogP contribution is 2.14. The third-order valence-corrected chi connectivity index (χ3v) is 2.79. The Morgan fingerprint density at radius 2 is 2.07 bits per heavy atom. The molecule has 1 N–H and O–H groups in total. The lowest BCUT2D eigenvalue weighted by Gasteiger charge is -2.28. The molecule has 2 aliphatic heterocycles. The van der Waals surface area contributed by atoms with Gasteiger partial charge in [0.05, 0.1) is 19.6 Å². The number of hydrogen-bond acceptors (Lipinski definition) is 4. The van der Waals surface area contributed by atoms with Crippen LogP contribution in [0.1, 0.15) is 19.3 Å². The molecule has 4 heteroatoms. The van der Waals surface area contributed by atoms with Crippen LogP contribution < -0.4 is 5.32 Å². The lowest BCUT2D eigenvalue weighted by molar-refractivity contribution is -0.154. The van der Waals surface area contributed by atoms with Crippen molar-refractivity contribution in [1.82, 2.24) is 5.32 Å². The first-order valence-electron chi connectivity index (χ1n) is 5.32. The van der Waals surface area contributed by atoms with Crippen LogP contribution in [0.15, 0.2) is 0 Å². The van der Waals surface area contributed by atoms with Crippen molar-refractivity contribution in [3.8, 4) is 0 Å². The first kappa shape index (κ1) is 9.93. The second-order valence-corrected chi connectivity index (χ2v) is 4.03. The average molecular weight is 199 g/mol. The van der Waals surface area contributed by atoms with E-state index in [1.807, 2.05) is 0 Å². The Hall–Kier alpha value is -0.610. The van der Waals surface area contributed by atoms with Gasteiger partial charge in [-0.1, -0.05) is 0 Å². The van der Waals surface area contributed by atoms with E-state index in [1.165, 1.54) is 0 Å². The van der Waals surface area contributed by atoms with Gasteiger partial charge in [0.1, 0.15) is 6.10 Å². The molecular weight excluding hydrogens is 182 g/mol. The maximum Gasteiger partial charge on any atom is 0.306 e. The first-order chi connectivity index (χ1) is 6.84. The second kappa shape index (κ2) is 4.75. The Morgan fingerprint density at radius 1 is 1.36 bits per heavy atom. The summed E-state index contributed by atoms with van der Waals surface area (Å²) in [4.78, 5) is 11.4. The number of nitrogens with one attached hydrogen (secondary N) is 1. The molecule has 0 amide bonds. The van der Waals surface area contributed by atoms with Gasteiger partial charge in [-0.3, -0.25) is 4.79 Å². The van der Waals surface area contributed by atoms with E-state index in [9.17, 15) is 4.79 Å². The minimum Gasteiger partial charge on any atom is -0.462 e. The molecule has 0 spiro atoms. The third-order valence-electron chi connectivity index (χ3n) is 2.79. The third kappa shape index (κ3) is 2.69. The van der Waals surface area contributed by atoms with E-state index < -0.39 is 0 Å². The van der Waals surface area contributed by atoms with E-state index in [1.54, 1.807) is 0 Å². The molecule has 2 rings (SSSR count). The molecule has 14 heavy (non-hydrogen) atoms. The Labute approximate surface area is 84.0 Å². The van der Waals surface area contributed by atoms with E-state index in [0.717, 1.165) is 39.1 Å². The summed E-state index contributed by atoms with van der Waals surface area (Å²) in [6.45, 7) is 3.37. The molecule has 0 aromatic carbocycles. The predicted molar refractivity (Wildman–Crippen MR) is 50.9 cm³/mol. The second-order valence-electron chi connectivity index (χ2n) is 4.03. The van der Waals surface area contributed by atoms with Crippen molar-refractivity contribution < 1.29 is 14.3 Å². The molecule has 2 heterocycles. The molecule has 2 aliphatic rings. The van der Waals surface area contributed by atoms with Gasteiger partial charge in [0.15, 0.2) is 0 Å². The number of esters is 1. The fourth-order valence-electron chi connectivity index (χ4n) is 1.76. The van der Waals surface area contributed by atoms with Crippen molar-refractivity contribution in [3.05, 3.63) is 0 Å². The van der Waals surface area contributed by atoms with Gasteiger partial charge < -0.3 is 14.8 Å².